The minimum absolute atomic E-state index is 0.642. The summed E-state index contributed by atoms with van der Waals surface area (Å²) in [6.45, 7) is 0.833. The Balaban J connectivity index is 1.70. The number of hydrazine groups is 2. The predicted molar refractivity (Wildman–Crippen MR) is 92.0 cm³/mol. The van der Waals surface area contributed by atoms with E-state index in [2.05, 4.69) is 83.9 Å². The van der Waals surface area contributed by atoms with Crippen molar-refractivity contribution < 1.29 is 0 Å². The highest BCUT2D eigenvalue weighted by Gasteiger charge is 2.39. The maximum atomic E-state index is 4.62. The van der Waals surface area contributed by atoms with Crippen molar-refractivity contribution in [3.8, 4) is 0 Å². The van der Waals surface area contributed by atoms with Crippen LogP contribution in [0.4, 0.5) is 0 Å². The van der Waals surface area contributed by atoms with Crippen LogP contribution >= 0.6 is 12.8 Å². The lowest BCUT2D eigenvalue weighted by Gasteiger charge is -2.27. The van der Waals surface area contributed by atoms with Gasteiger partial charge in [-0.05, 0) is 18.4 Å². The van der Waals surface area contributed by atoms with E-state index in [4.69, 9.17) is 0 Å². The van der Waals surface area contributed by atoms with Gasteiger partial charge < -0.3 is 0 Å². The van der Waals surface area contributed by atoms with E-state index in [1.54, 1.807) is 0 Å². The van der Waals surface area contributed by atoms with Gasteiger partial charge in [-0.1, -0.05) is 78.0 Å². The van der Waals surface area contributed by atoms with Crippen molar-refractivity contribution >= 4 is 18.5 Å². The molecule has 4 heteroatoms. The van der Waals surface area contributed by atoms with Gasteiger partial charge in [0.1, 0.15) is 0 Å². The molecule has 4 rings (SSSR count). The van der Waals surface area contributed by atoms with Crippen molar-refractivity contribution in [2.45, 2.75) is 19.4 Å². The highest BCUT2D eigenvalue weighted by atomic mass is 32.1. The summed E-state index contributed by atoms with van der Waals surface area (Å²) in [7, 11) is 0. The van der Waals surface area contributed by atoms with Gasteiger partial charge in [0.15, 0.2) is 0 Å². The van der Waals surface area contributed by atoms with E-state index in [9.17, 15) is 0 Å². The molecule has 0 radical (unpaired) electrons. The molecule has 0 spiro atoms. The zero-order chi connectivity index (χ0) is 14.9. The normalized spacial score (nSPS) is 18.7. The third-order valence-corrected chi connectivity index (χ3v) is 4.49. The van der Waals surface area contributed by atoms with Gasteiger partial charge >= 0.3 is 0 Å². The lowest BCUT2D eigenvalue weighted by molar-refractivity contribution is 0.100. The number of thiol groups is 1. The van der Waals surface area contributed by atoms with E-state index < -0.39 is 0 Å². The molecule has 22 heavy (non-hydrogen) atoms. The first-order valence-corrected chi connectivity index (χ1v) is 8.09. The first-order valence-electron chi connectivity index (χ1n) is 7.69. The van der Waals surface area contributed by atoms with Crippen LogP contribution in [0.1, 0.15) is 24.0 Å². The second-order valence-electron chi connectivity index (χ2n) is 5.85. The van der Waals surface area contributed by atoms with Crippen LogP contribution in [0.2, 0.25) is 0 Å². The Morgan fingerprint density at radius 3 is 2.23 bits per heavy atom. The van der Waals surface area contributed by atoms with Gasteiger partial charge in [-0.25, -0.2) is 0 Å². The van der Waals surface area contributed by atoms with E-state index in [-0.39, 0.29) is 0 Å². The molecule has 0 unspecified atom stereocenters. The zero-order valence-electron chi connectivity index (χ0n) is 12.3. The standard InChI is InChI=1S/C18H19N3S/c22-21-19-17(15-9-5-2-6-10-15)18(16-11-12-16)20(21)13-14-7-3-1-4-8-14/h1-10,16,19,22H,11-13H2. The van der Waals surface area contributed by atoms with Gasteiger partial charge in [0.2, 0.25) is 0 Å². The summed E-state index contributed by atoms with van der Waals surface area (Å²) in [5.41, 5.74) is 8.48. The summed E-state index contributed by atoms with van der Waals surface area (Å²) >= 11 is 4.62. The molecule has 2 aromatic rings. The molecule has 2 aliphatic rings. The topological polar surface area (TPSA) is 18.5 Å². The quantitative estimate of drug-likeness (QED) is 0.837. The molecule has 1 N–H and O–H groups in total. The van der Waals surface area contributed by atoms with Crippen LogP contribution in [-0.4, -0.2) is 9.53 Å². The number of nitrogens with zero attached hydrogens (tertiary/aromatic N) is 2. The van der Waals surface area contributed by atoms with Crippen molar-refractivity contribution in [3.63, 3.8) is 0 Å². The van der Waals surface area contributed by atoms with Gasteiger partial charge in [0, 0.05) is 11.5 Å². The fraction of sp³-hybridized carbons (Fsp3) is 0.222. The summed E-state index contributed by atoms with van der Waals surface area (Å²) in [4.78, 5) is 0. The molecule has 112 valence electrons. The average molecular weight is 309 g/mol. The van der Waals surface area contributed by atoms with Crippen molar-refractivity contribution in [1.82, 2.24) is 15.0 Å². The molecule has 3 nitrogen and oxygen atoms in total. The highest BCUT2D eigenvalue weighted by molar-refractivity contribution is 7.77. The Kier molecular flexibility index (Phi) is 3.56. The summed E-state index contributed by atoms with van der Waals surface area (Å²) in [5, 5.41) is 2.25. The van der Waals surface area contributed by atoms with Crippen LogP contribution in [0.25, 0.3) is 5.70 Å². The van der Waals surface area contributed by atoms with Crippen molar-refractivity contribution in [1.29, 1.82) is 0 Å². The average Bonchev–Trinajstić information content (AvgIpc) is 3.35. The third-order valence-electron chi connectivity index (χ3n) is 4.18. The van der Waals surface area contributed by atoms with Crippen molar-refractivity contribution in [3.05, 3.63) is 77.5 Å². The first kappa shape index (κ1) is 13.7. The molecule has 0 saturated heterocycles. The predicted octanol–water partition coefficient (Wildman–Crippen LogP) is 3.85. The summed E-state index contributed by atoms with van der Waals surface area (Å²) in [6.07, 6.45) is 2.53. The molecule has 1 fully saturated rings. The van der Waals surface area contributed by atoms with Crippen LogP contribution in [0, 0.1) is 5.92 Å². The van der Waals surface area contributed by atoms with Gasteiger partial charge in [0.05, 0.1) is 17.9 Å². The fourth-order valence-corrected chi connectivity index (χ4v) is 3.21. The van der Waals surface area contributed by atoms with E-state index >= 15 is 0 Å². The molecule has 0 aromatic heterocycles. The van der Waals surface area contributed by atoms with E-state index in [1.165, 1.54) is 35.4 Å². The molecular weight excluding hydrogens is 290 g/mol. The lowest BCUT2D eigenvalue weighted by Crippen LogP contribution is -2.35. The van der Waals surface area contributed by atoms with Gasteiger partial charge in [-0.15, -0.1) is 0 Å². The molecule has 1 heterocycles. The Bertz CT molecular complexity index is 680. The van der Waals surface area contributed by atoms with Crippen LogP contribution in [0.5, 0.6) is 0 Å². The molecule has 1 aliphatic carbocycles. The van der Waals surface area contributed by atoms with Gasteiger partial charge in [0.25, 0.3) is 0 Å². The Labute approximate surface area is 136 Å². The number of rotatable bonds is 4. The number of nitrogens with one attached hydrogen (secondary N) is 1. The van der Waals surface area contributed by atoms with Crippen molar-refractivity contribution in [2.24, 2.45) is 5.92 Å². The number of benzene rings is 2. The first-order chi connectivity index (χ1) is 10.8. The van der Waals surface area contributed by atoms with Crippen LogP contribution in [0.3, 0.4) is 0 Å². The second kappa shape index (κ2) is 5.71. The third kappa shape index (κ3) is 2.60. The highest BCUT2D eigenvalue weighted by Crippen LogP contribution is 2.45. The minimum atomic E-state index is 0.642. The summed E-state index contributed by atoms with van der Waals surface area (Å²) in [5.74, 6) is 0.642. The van der Waals surface area contributed by atoms with Gasteiger partial charge in [-0.3, -0.25) is 10.4 Å². The molecule has 0 atom stereocenters. The molecule has 0 amide bonds. The molecular formula is C18H19N3S. The molecule has 1 saturated carbocycles. The van der Waals surface area contributed by atoms with E-state index in [0.29, 0.717) is 5.92 Å². The summed E-state index contributed by atoms with van der Waals surface area (Å²) < 4.78 is 1.82. The fourth-order valence-electron chi connectivity index (χ4n) is 2.95. The van der Waals surface area contributed by atoms with E-state index in [0.717, 1.165) is 6.54 Å². The number of hydrogen-bond acceptors (Lipinski definition) is 4. The second-order valence-corrected chi connectivity index (χ2v) is 6.22. The maximum Gasteiger partial charge on any atom is 0.0799 e. The van der Waals surface area contributed by atoms with Crippen LogP contribution < -0.4 is 5.43 Å². The van der Waals surface area contributed by atoms with Gasteiger partial charge in [-0.2, -0.15) is 0 Å². The lowest BCUT2D eigenvalue weighted by atomic mass is 10.1. The zero-order valence-corrected chi connectivity index (χ0v) is 13.2. The Morgan fingerprint density at radius 2 is 1.59 bits per heavy atom. The minimum Gasteiger partial charge on any atom is -0.289 e. The number of allylic oxidation sites excluding steroid dienone is 1. The monoisotopic (exact) mass is 309 g/mol. The van der Waals surface area contributed by atoms with Crippen LogP contribution in [0.15, 0.2) is 66.4 Å². The molecule has 2 aromatic carbocycles. The number of hydrogen-bond donors (Lipinski definition) is 2. The Hall–Kier alpha value is -1.91. The SMILES string of the molecule is SN1NC(c2ccccc2)=C(C2CC2)N1Cc1ccccc1. The smallest absolute Gasteiger partial charge is 0.0799 e. The van der Waals surface area contributed by atoms with Crippen molar-refractivity contribution in [2.75, 3.05) is 0 Å². The largest absolute Gasteiger partial charge is 0.289 e. The molecule has 0 bridgehead atoms. The molecule has 1 aliphatic heterocycles. The summed E-state index contributed by atoms with van der Waals surface area (Å²) in [6, 6.07) is 21.1. The van der Waals surface area contributed by atoms with E-state index in [1.807, 2.05) is 4.52 Å². The van der Waals surface area contributed by atoms with Crippen LogP contribution in [-0.2, 0) is 6.54 Å². The maximum absolute atomic E-state index is 4.62. The Morgan fingerprint density at radius 1 is 0.955 bits per heavy atom.